The van der Waals surface area contributed by atoms with Crippen LogP contribution in [-0.4, -0.2) is 9.97 Å². The average molecular weight is 220 g/mol. The predicted molar refractivity (Wildman–Crippen MR) is 59.5 cm³/mol. The molecule has 0 aromatic carbocycles. The molecule has 1 atom stereocenters. The molecule has 0 saturated carbocycles. The fourth-order valence-corrected chi connectivity index (χ4v) is 1.41. The van der Waals surface area contributed by atoms with Gasteiger partial charge >= 0.3 is 0 Å². The summed E-state index contributed by atoms with van der Waals surface area (Å²) in [6.07, 6.45) is 5.04. The number of halogens is 1. The van der Waals surface area contributed by atoms with E-state index < -0.39 is 0 Å². The van der Waals surface area contributed by atoms with Gasteiger partial charge < -0.3 is 5.73 Å². The summed E-state index contributed by atoms with van der Waals surface area (Å²) in [5.74, 6) is 0. The highest BCUT2D eigenvalue weighted by Crippen LogP contribution is 2.17. The molecule has 2 aromatic rings. The lowest BCUT2D eigenvalue weighted by Crippen LogP contribution is -2.13. The number of aromatic nitrogens is 2. The standard InChI is InChI=1S/C11H10ClN3/c12-9-3-4-10(15-7-9)11(13)8-2-1-5-14-6-8/h1-7,11H,13H2. The van der Waals surface area contributed by atoms with Crippen molar-refractivity contribution < 1.29 is 0 Å². The summed E-state index contributed by atoms with van der Waals surface area (Å²) in [6.45, 7) is 0. The molecule has 0 aliphatic carbocycles. The average Bonchev–Trinajstić information content (AvgIpc) is 2.30. The van der Waals surface area contributed by atoms with Crippen LogP contribution in [0.5, 0.6) is 0 Å². The number of hydrogen-bond acceptors (Lipinski definition) is 3. The van der Waals surface area contributed by atoms with E-state index in [2.05, 4.69) is 9.97 Å². The van der Waals surface area contributed by atoms with Crippen molar-refractivity contribution in [2.75, 3.05) is 0 Å². The van der Waals surface area contributed by atoms with Gasteiger partial charge in [-0.2, -0.15) is 0 Å². The summed E-state index contributed by atoms with van der Waals surface area (Å²) in [6, 6.07) is 7.12. The molecule has 2 N–H and O–H groups in total. The monoisotopic (exact) mass is 219 g/mol. The number of nitrogens with zero attached hydrogens (tertiary/aromatic N) is 2. The maximum Gasteiger partial charge on any atom is 0.0741 e. The summed E-state index contributed by atoms with van der Waals surface area (Å²) in [5, 5.41) is 0.608. The minimum absolute atomic E-state index is 0.254. The summed E-state index contributed by atoms with van der Waals surface area (Å²) in [7, 11) is 0. The number of nitrogens with two attached hydrogens (primary N) is 1. The molecule has 0 amide bonds. The van der Waals surface area contributed by atoms with Crippen LogP contribution < -0.4 is 5.73 Å². The predicted octanol–water partition coefficient (Wildman–Crippen LogP) is 2.18. The second-order valence-corrected chi connectivity index (χ2v) is 3.60. The Bertz CT molecular complexity index is 427. The van der Waals surface area contributed by atoms with E-state index in [-0.39, 0.29) is 6.04 Å². The van der Waals surface area contributed by atoms with Gasteiger partial charge in [0.2, 0.25) is 0 Å². The molecule has 15 heavy (non-hydrogen) atoms. The molecule has 3 nitrogen and oxygen atoms in total. The Hall–Kier alpha value is -1.45. The zero-order valence-corrected chi connectivity index (χ0v) is 8.72. The lowest BCUT2D eigenvalue weighted by atomic mass is 10.1. The third-order valence-electron chi connectivity index (χ3n) is 2.11. The van der Waals surface area contributed by atoms with E-state index in [0.717, 1.165) is 11.3 Å². The number of hydrogen-bond donors (Lipinski definition) is 1. The lowest BCUT2D eigenvalue weighted by molar-refractivity contribution is 0.823. The van der Waals surface area contributed by atoms with Crippen molar-refractivity contribution in [1.82, 2.24) is 9.97 Å². The Balaban J connectivity index is 2.29. The Morgan fingerprint density at radius 3 is 2.67 bits per heavy atom. The summed E-state index contributed by atoms with van der Waals surface area (Å²) in [4.78, 5) is 8.18. The van der Waals surface area contributed by atoms with Crippen LogP contribution in [0.3, 0.4) is 0 Å². The third kappa shape index (κ3) is 2.32. The molecule has 0 aliphatic rings. The Kier molecular flexibility index (Phi) is 2.94. The SMILES string of the molecule is NC(c1cccnc1)c1ccc(Cl)cn1. The van der Waals surface area contributed by atoms with Gasteiger partial charge in [0.15, 0.2) is 0 Å². The molecule has 2 heterocycles. The highest BCUT2D eigenvalue weighted by Gasteiger charge is 2.09. The quantitative estimate of drug-likeness (QED) is 0.842. The molecule has 0 aliphatic heterocycles. The Labute approximate surface area is 92.9 Å². The first kappa shape index (κ1) is 10.1. The second-order valence-electron chi connectivity index (χ2n) is 3.17. The Morgan fingerprint density at radius 1 is 1.20 bits per heavy atom. The molecule has 0 fully saturated rings. The topological polar surface area (TPSA) is 51.8 Å². The number of pyridine rings is 2. The molecule has 0 spiro atoms. The molecule has 0 radical (unpaired) electrons. The van der Waals surface area contributed by atoms with E-state index in [0.29, 0.717) is 5.02 Å². The fraction of sp³-hybridized carbons (Fsp3) is 0.0909. The molecular weight excluding hydrogens is 210 g/mol. The maximum atomic E-state index is 6.02. The van der Waals surface area contributed by atoms with E-state index in [4.69, 9.17) is 17.3 Å². The van der Waals surface area contributed by atoms with E-state index in [1.807, 2.05) is 18.2 Å². The first-order chi connectivity index (χ1) is 7.27. The zero-order valence-electron chi connectivity index (χ0n) is 7.97. The molecule has 76 valence electrons. The van der Waals surface area contributed by atoms with Gasteiger partial charge in [-0.25, -0.2) is 0 Å². The van der Waals surface area contributed by atoms with Gasteiger partial charge in [-0.05, 0) is 23.8 Å². The van der Waals surface area contributed by atoms with Gasteiger partial charge in [0, 0.05) is 18.6 Å². The molecule has 2 aromatic heterocycles. The van der Waals surface area contributed by atoms with Crippen molar-refractivity contribution in [2.24, 2.45) is 5.73 Å². The fourth-order valence-electron chi connectivity index (χ4n) is 1.30. The van der Waals surface area contributed by atoms with E-state index >= 15 is 0 Å². The molecule has 2 rings (SSSR count). The van der Waals surface area contributed by atoms with Gasteiger partial charge in [0.05, 0.1) is 16.8 Å². The minimum Gasteiger partial charge on any atom is -0.319 e. The summed E-state index contributed by atoms with van der Waals surface area (Å²) in [5.41, 5.74) is 7.74. The maximum absolute atomic E-state index is 6.02. The van der Waals surface area contributed by atoms with Crippen LogP contribution in [0.15, 0.2) is 42.9 Å². The minimum atomic E-state index is -0.254. The van der Waals surface area contributed by atoms with Crippen molar-refractivity contribution in [3.05, 3.63) is 59.1 Å². The van der Waals surface area contributed by atoms with Crippen LogP contribution in [0.4, 0.5) is 0 Å². The van der Waals surface area contributed by atoms with Crippen LogP contribution in [0.25, 0.3) is 0 Å². The van der Waals surface area contributed by atoms with Gasteiger partial charge in [-0.15, -0.1) is 0 Å². The zero-order chi connectivity index (χ0) is 10.7. The van der Waals surface area contributed by atoms with Crippen molar-refractivity contribution in [3.8, 4) is 0 Å². The van der Waals surface area contributed by atoms with Crippen molar-refractivity contribution >= 4 is 11.6 Å². The first-order valence-electron chi connectivity index (χ1n) is 4.54. The molecular formula is C11H10ClN3. The van der Waals surface area contributed by atoms with Crippen LogP contribution in [0.1, 0.15) is 17.3 Å². The highest BCUT2D eigenvalue weighted by atomic mass is 35.5. The van der Waals surface area contributed by atoms with Crippen molar-refractivity contribution in [3.63, 3.8) is 0 Å². The first-order valence-corrected chi connectivity index (χ1v) is 4.92. The molecule has 0 saturated heterocycles. The smallest absolute Gasteiger partial charge is 0.0741 e. The van der Waals surface area contributed by atoms with Gasteiger partial charge in [-0.3, -0.25) is 9.97 Å². The van der Waals surface area contributed by atoms with Crippen LogP contribution in [0.2, 0.25) is 5.02 Å². The molecule has 0 bridgehead atoms. The molecule has 4 heteroatoms. The van der Waals surface area contributed by atoms with Crippen LogP contribution in [-0.2, 0) is 0 Å². The lowest BCUT2D eigenvalue weighted by Gasteiger charge is -2.10. The number of rotatable bonds is 2. The second kappa shape index (κ2) is 4.38. The van der Waals surface area contributed by atoms with Crippen LogP contribution in [0, 0.1) is 0 Å². The Morgan fingerprint density at radius 2 is 2.07 bits per heavy atom. The molecule has 1 unspecified atom stereocenters. The normalized spacial score (nSPS) is 12.4. The van der Waals surface area contributed by atoms with E-state index in [1.54, 1.807) is 24.7 Å². The summed E-state index contributed by atoms with van der Waals surface area (Å²) < 4.78 is 0. The van der Waals surface area contributed by atoms with Gasteiger partial charge in [0.1, 0.15) is 0 Å². The van der Waals surface area contributed by atoms with Crippen LogP contribution >= 0.6 is 11.6 Å². The van der Waals surface area contributed by atoms with Crippen molar-refractivity contribution in [1.29, 1.82) is 0 Å². The van der Waals surface area contributed by atoms with Crippen molar-refractivity contribution in [2.45, 2.75) is 6.04 Å². The summed E-state index contributed by atoms with van der Waals surface area (Å²) >= 11 is 5.75. The van der Waals surface area contributed by atoms with Gasteiger partial charge in [0.25, 0.3) is 0 Å². The largest absolute Gasteiger partial charge is 0.319 e. The van der Waals surface area contributed by atoms with E-state index in [9.17, 15) is 0 Å². The van der Waals surface area contributed by atoms with Gasteiger partial charge in [-0.1, -0.05) is 17.7 Å². The highest BCUT2D eigenvalue weighted by molar-refractivity contribution is 6.30. The third-order valence-corrected chi connectivity index (χ3v) is 2.34. The van der Waals surface area contributed by atoms with E-state index in [1.165, 1.54) is 0 Å².